The fourth-order valence-corrected chi connectivity index (χ4v) is 8.88. The monoisotopic (exact) mass is 814 g/mol. The van der Waals surface area contributed by atoms with Gasteiger partial charge in [0.05, 0.1) is 12.2 Å². The molecule has 3 saturated heterocycles. The lowest BCUT2D eigenvalue weighted by molar-refractivity contribution is -0.138. The van der Waals surface area contributed by atoms with E-state index in [0.29, 0.717) is 58.7 Å². The van der Waals surface area contributed by atoms with Gasteiger partial charge in [0.1, 0.15) is 6.04 Å². The van der Waals surface area contributed by atoms with Gasteiger partial charge in [-0.15, -0.1) is 0 Å². The number of Topliss-reactive ketones (excluding diaryl/α,β-unsaturated/α-hetero) is 1. The van der Waals surface area contributed by atoms with Crippen LogP contribution >= 0.6 is 31.9 Å². The Balaban J connectivity index is 1.08. The molecule has 0 aromatic heterocycles. The second-order valence-electron chi connectivity index (χ2n) is 14.0. The number of likely N-dealkylation sites (tertiary alicyclic amines) is 2. The Labute approximate surface area is 311 Å². The Bertz CT molecular complexity index is 1550. The summed E-state index contributed by atoms with van der Waals surface area (Å²) in [6.07, 6.45) is 4.16. The van der Waals surface area contributed by atoms with Crippen molar-refractivity contribution in [1.29, 1.82) is 0 Å². The molecule has 2 aromatic rings. The third kappa shape index (κ3) is 8.87. The molecule has 3 fully saturated rings. The Hall–Kier alpha value is -3.04. The van der Waals surface area contributed by atoms with Gasteiger partial charge in [-0.2, -0.15) is 0 Å². The smallest absolute Gasteiger partial charge is 0.322 e. The van der Waals surface area contributed by atoms with Crippen LogP contribution in [0.1, 0.15) is 48.0 Å². The summed E-state index contributed by atoms with van der Waals surface area (Å²) in [6, 6.07) is 10.6. The zero-order valence-electron chi connectivity index (χ0n) is 28.7. The summed E-state index contributed by atoms with van der Waals surface area (Å²) in [6.45, 7) is 7.27. The van der Waals surface area contributed by atoms with E-state index < -0.39 is 6.04 Å². The van der Waals surface area contributed by atoms with E-state index in [1.807, 2.05) is 29.2 Å². The molecule has 50 heavy (non-hydrogen) atoms. The number of hydrogen-bond acceptors (Lipinski definition) is 8. The second-order valence-corrected chi connectivity index (χ2v) is 15.7. The Morgan fingerprint density at radius 1 is 0.900 bits per heavy atom. The second kappa shape index (κ2) is 16.5. The minimum Gasteiger partial charge on any atom is -0.397 e. The first-order valence-corrected chi connectivity index (χ1v) is 19.3. The first kappa shape index (κ1) is 36.7. The molecule has 2 aromatic carbocycles. The van der Waals surface area contributed by atoms with Crippen LogP contribution < -0.4 is 16.4 Å². The molecule has 4 aliphatic rings. The number of benzene rings is 2. The zero-order valence-corrected chi connectivity index (χ0v) is 31.9. The normalized spacial score (nSPS) is 20.9. The molecular formula is C36H48Br2N8O4. The van der Waals surface area contributed by atoms with Crippen molar-refractivity contribution in [3.8, 4) is 0 Å². The predicted molar refractivity (Wildman–Crippen MR) is 201 cm³/mol. The van der Waals surface area contributed by atoms with E-state index in [9.17, 15) is 19.2 Å². The van der Waals surface area contributed by atoms with Gasteiger partial charge in [0.2, 0.25) is 11.8 Å². The lowest BCUT2D eigenvalue weighted by Gasteiger charge is -2.42. The quantitative estimate of drug-likeness (QED) is 0.258. The summed E-state index contributed by atoms with van der Waals surface area (Å²) in [7, 11) is 2.17. The number of hydrogen-bond donors (Lipinski definition) is 3. The molecule has 4 aliphatic heterocycles. The van der Waals surface area contributed by atoms with E-state index in [1.165, 1.54) is 12.8 Å². The number of fused-ring (bicyclic) bond motifs is 1. The highest BCUT2D eigenvalue weighted by Gasteiger charge is 2.35. The minimum absolute atomic E-state index is 0.0132. The summed E-state index contributed by atoms with van der Waals surface area (Å²) in [5.41, 5.74) is 8.87. The average molecular weight is 817 g/mol. The van der Waals surface area contributed by atoms with Crippen LogP contribution in [0.3, 0.4) is 0 Å². The highest BCUT2D eigenvalue weighted by atomic mass is 79.9. The standard InChI is InChI=1S/C36H48Br2N8O4/c1-42-11-7-26(8-12-42)44-18-16-43(17-19-44)23-33(48)40-31(22-32(47)25-20-28(37)34(39)29(38)21-25)35(49)45-13-9-27(10-14-45)46-15-6-24-4-2-3-5-30(24)41-36(46)50/h2-5,20-21,26-27,31H,6-19,22-23,39H2,1H3,(H,40,48)(H,41,50)/t31-/m0/s1. The largest absolute Gasteiger partial charge is 0.397 e. The summed E-state index contributed by atoms with van der Waals surface area (Å²) >= 11 is 6.82. The van der Waals surface area contributed by atoms with Gasteiger partial charge in [0.15, 0.2) is 5.78 Å². The molecule has 0 spiro atoms. The predicted octanol–water partition coefficient (Wildman–Crippen LogP) is 3.64. The first-order chi connectivity index (χ1) is 24.0. The average Bonchev–Trinajstić information content (AvgIpc) is 3.28. The SMILES string of the molecule is CN1CCC(N2CCN(CC(=O)N[C@@H](CC(=O)c3cc(Br)c(N)c(Br)c3)C(=O)N3CCC(N4CCc5ccccc5NC4=O)CC3)CC2)CC1. The molecule has 14 heteroatoms. The van der Waals surface area contributed by atoms with Gasteiger partial charge >= 0.3 is 6.03 Å². The first-order valence-electron chi connectivity index (χ1n) is 17.7. The third-order valence-corrected chi connectivity index (χ3v) is 12.1. The molecule has 4 N–H and O–H groups in total. The number of nitrogens with two attached hydrogens (primary N) is 1. The van der Waals surface area contributed by atoms with Crippen LogP contribution in [0.5, 0.6) is 0 Å². The van der Waals surface area contributed by atoms with Gasteiger partial charge in [-0.25, -0.2) is 4.79 Å². The summed E-state index contributed by atoms with van der Waals surface area (Å²) in [4.78, 5) is 65.0. The van der Waals surface area contributed by atoms with E-state index in [2.05, 4.69) is 64.2 Å². The van der Waals surface area contributed by atoms with E-state index in [4.69, 9.17) is 5.73 Å². The van der Waals surface area contributed by atoms with Crippen molar-refractivity contribution in [1.82, 2.24) is 29.8 Å². The Kier molecular flexibility index (Phi) is 12.1. The number of ketones is 1. The van der Waals surface area contributed by atoms with E-state index >= 15 is 0 Å². The maximum atomic E-state index is 14.1. The summed E-state index contributed by atoms with van der Waals surface area (Å²) < 4.78 is 1.15. The van der Waals surface area contributed by atoms with Gasteiger partial charge < -0.3 is 31.1 Å². The highest BCUT2D eigenvalue weighted by Crippen LogP contribution is 2.31. The van der Waals surface area contributed by atoms with Crippen LogP contribution in [0, 0.1) is 0 Å². The van der Waals surface area contributed by atoms with Crippen molar-refractivity contribution in [2.45, 2.75) is 56.7 Å². The van der Waals surface area contributed by atoms with Gasteiger partial charge in [0, 0.05) is 84.5 Å². The number of carbonyl (C=O) groups excluding carboxylic acids is 4. The lowest BCUT2D eigenvalue weighted by Crippen LogP contribution is -2.57. The number of halogens is 2. The van der Waals surface area contributed by atoms with Crippen molar-refractivity contribution in [2.24, 2.45) is 0 Å². The molecule has 270 valence electrons. The zero-order chi connectivity index (χ0) is 35.4. The number of anilines is 2. The molecule has 0 radical (unpaired) electrons. The van der Waals surface area contributed by atoms with Crippen LogP contribution in [0.15, 0.2) is 45.3 Å². The molecule has 6 rings (SSSR count). The van der Waals surface area contributed by atoms with Crippen molar-refractivity contribution >= 4 is 66.9 Å². The number of nitrogen functional groups attached to an aromatic ring is 1. The van der Waals surface area contributed by atoms with E-state index in [1.54, 1.807) is 17.0 Å². The molecule has 0 unspecified atom stereocenters. The number of amides is 4. The van der Waals surface area contributed by atoms with Gasteiger partial charge in [0.25, 0.3) is 0 Å². The summed E-state index contributed by atoms with van der Waals surface area (Å²) in [5.74, 6) is -0.815. The van der Waals surface area contributed by atoms with Crippen LogP contribution in [0.25, 0.3) is 0 Å². The maximum Gasteiger partial charge on any atom is 0.322 e. The number of rotatable bonds is 9. The van der Waals surface area contributed by atoms with Crippen LogP contribution in [-0.2, 0) is 16.0 Å². The van der Waals surface area contributed by atoms with E-state index in [-0.39, 0.29) is 42.6 Å². The lowest BCUT2D eigenvalue weighted by atomic mass is 9.99. The maximum absolute atomic E-state index is 14.1. The number of piperazine rings is 1. The van der Waals surface area contributed by atoms with Crippen molar-refractivity contribution in [3.63, 3.8) is 0 Å². The fraction of sp³-hybridized carbons (Fsp3) is 0.556. The molecule has 12 nitrogen and oxygen atoms in total. The molecule has 0 saturated carbocycles. The van der Waals surface area contributed by atoms with Crippen molar-refractivity contribution in [2.75, 3.05) is 83.5 Å². The van der Waals surface area contributed by atoms with Gasteiger partial charge in [-0.3, -0.25) is 24.2 Å². The van der Waals surface area contributed by atoms with Crippen LogP contribution in [0.2, 0.25) is 0 Å². The number of urea groups is 1. The van der Waals surface area contributed by atoms with Gasteiger partial charge in [-0.05, 0) is 108 Å². The molecule has 4 amide bonds. The Morgan fingerprint density at radius 2 is 1.54 bits per heavy atom. The highest BCUT2D eigenvalue weighted by molar-refractivity contribution is 9.11. The fourth-order valence-electron chi connectivity index (χ4n) is 7.69. The molecular weight excluding hydrogens is 768 g/mol. The Morgan fingerprint density at radius 3 is 2.22 bits per heavy atom. The topological polar surface area (TPSA) is 135 Å². The van der Waals surface area contributed by atoms with Crippen LogP contribution in [-0.4, -0.2) is 139 Å². The molecule has 4 heterocycles. The number of carbonyl (C=O) groups is 4. The van der Waals surface area contributed by atoms with Crippen molar-refractivity contribution < 1.29 is 19.2 Å². The van der Waals surface area contributed by atoms with Gasteiger partial charge in [-0.1, -0.05) is 18.2 Å². The number of para-hydroxylation sites is 1. The minimum atomic E-state index is -1.02. The molecule has 0 bridgehead atoms. The third-order valence-electron chi connectivity index (χ3n) is 10.8. The molecule has 0 aliphatic carbocycles. The number of piperidine rings is 2. The summed E-state index contributed by atoms with van der Waals surface area (Å²) in [5, 5.41) is 5.99. The number of nitrogens with one attached hydrogen (secondary N) is 2. The van der Waals surface area contributed by atoms with E-state index in [0.717, 1.165) is 56.9 Å². The van der Waals surface area contributed by atoms with Crippen LogP contribution in [0.4, 0.5) is 16.2 Å². The number of nitrogens with zero attached hydrogens (tertiary/aromatic N) is 5. The molecule has 1 atom stereocenters. The van der Waals surface area contributed by atoms with Crippen molar-refractivity contribution in [3.05, 3.63) is 56.5 Å².